The Bertz CT molecular complexity index is 776. The highest BCUT2D eigenvalue weighted by atomic mass is 32.1. The van der Waals surface area contributed by atoms with Crippen LogP contribution in [-0.2, 0) is 0 Å². The van der Waals surface area contributed by atoms with E-state index >= 15 is 0 Å². The minimum atomic E-state index is 0.401. The number of para-hydroxylation sites is 1. The van der Waals surface area contributed by atoms with Crippen LogP contribution in [0.2, 0.25) is 0 Å². The van der Waals surface area contributed by atoms with E-state index < -0.39 is 0 Å². The third-order valence-electron chi connectivity index (χ3n) is 3.06. The molecule has 0 bridgehead atoms. The minimum absolute atomic E-state index is 0.401. The van der Waals surface area contributed by atoms with E-state index in [9.17, 15) is 0 Å². The molecule has 1 heterocycles. The second-order valence-corrected chi connectivity index (χ2v) is 4.80. The molecule has 3 aromatic rings. The van der Waals surface area contributed by atoms with Crippen LogP contribution in [0.1, 0.15) is 11.1 Å². The Morgan fingerprint density at radius 1 is 1.21 bits per heavy atom. The first-order chi connectivity index (χ1) is 9.16. The molecule has 4 nitrogen and oxygen atoms in total. The lowest BCUT2D eigenvalue weighted by molar-refractivity contribution is 0.819. The molecule has 0 saturated carbocycles. The molecule has 0 fully saturated rings. The van der Waals surface area contributed by atoms with Gasteiger partial charge in [-0.15, -0.1) is 5.10 Å². The predicted molar refractivity (Wildman–Crippen MR) is 79.5 cm³/mol. The maximum atomic E-state index is 5.64. The van der Waals surface area contributed by atoms with Crippen molar-refractivity contribution in [3.05, 3.63) is 53.6 Å². The van der Waals surface area contributed by atoms with Crippen LogP contribution < -0.4 is 5.73 Å². The van der Waals surface area contributed by atoms with E-state index in [0.29, 0.717) is 4.99 Å². The Morgan fingerprint density at radius 3 is 2.74 bits per heavy atom. The summed E-state index contributed by atoms with van der Waals surface area (Å²) in [6, 6.07) is 13.7. The summed E-state index contributed by atoms with van der Waals surface area (Å²) in [5.74, 6) is 0. The molecule has 0 radical (unpaired) electrons. The molecule has 2 N–H and O–H groups in total. The van der Waals surface area contributed by atoms with E-state index in [2.05, 4.69) is 10.3 Å². The first kappa shape index (κ1) is 11.8. The molecule has 94 valence electrons. The smallest absolute Gasteiger partial charge is 0.113 e. The zero-order valence-electron chi connectivity index (χ0n) is 10.4. The maximum absolute atomic E-state index is 5.64. The molecule has 0 spiro atoms. The molecule has 3 rings (SSSR count). The van der Waals surface area contributed by atoms with Crippen molar-refractivity contribution < 1.29 is 0 Å². The van der Waals surface area contributed by atoms with Gasteiger partial charge < -0.3 is 5.73 Å². The maximum Gasteiger partial charge on any atom is 0.113 e. The van der Waals surface area contributed by atoms with Gasteiger partial charge in [-0.2, -0.15) is 0 Å². The van der Waals surface area contributed by atoms with E-state index in [-0.39, 0.29) is 0 Å². The van der Waals surface area contributed by atoms with E-state index in [4.69, 9.17) is 18.0 Å². The lowest BCUT2D eigenvalue weighted by Crippen LogP contribution is -2.10. The summed E-state index contributed by atoms with van der Waals surface area (Å²) < 4.78 is 1.83. The Kier molecular flexibility index (Phi) is 2.76. The highest BCUT2D eigenvalue weighted by molar-refractivity contribution is 7.80. The third-order valence-corrected chi connectivity index (χ3v) is 3.30. The Morgan fingerprint density at radius 2 is 2.00 bits per heavy atom. The van der Waals surface area contributed by atoms with Crippen molar-refractivity contribution in [2.45, 2.75) is 6.92 Å². The van der Waals surface area contributed by atoms with Crippen molar-refractivity contribution in [2.24, 2.45) is 5.73 Å². The van der Waals surface area contributed by atoms with Gasteiger partial charge >= 0.3 is 0 Å². The van der Waals surface area contributed by atoms with Crippen LogP contribution in [0.3, 0.4) is 0 Å². The largest absolute Gasteiger partial charge is 0.389 e. The summed E-state index contributed by atoms with van der Waals surface area (Å²) in [6.07, 6.45) is 0. The number of thiocarbonyl (C=S) groups is 1. The molecule has 1 aromatic heterocycles. The van der Waals surface area contributed by atoms with Crippen molar-refractivity contribution >= 4 is 28.2 Å². The van der Waals surface area contributed by atoms with Gasteiger partial charge in [-0.25, -0.2) is 4.68 Å². The second kappa shape index (κ2) is 4.44. The lowest BCUT2D eigenvalue weighted by atomic mass is 10.1. The summed E-state index contributed by atoms with van der Waals surface area (Å²) >= 11 is 4.98. The number of benzene rings is 2. The van der Waals surface area contributed by atoms with Gasteiger partial charge in [0.2, 0.25) is 0 Å². The number of aryl methyl sites for hydroxylation is 1. The first-order valence-corrected chi connectivity index (χ1v) is 6.29. The van der Waals surface area contributed by atoms with Crippen molar-refractivity contribution in [1.82, 2.24) is 15.0 Å². The summed E-state index contributed by atoms with van der Waals surface area (Å²) in [7, 11) is 0. The number of fused-ring (bicyclic) bond motifs is 1. The highest BCUT2D eigenvalue weighted by Gasteiger charge is 2.09. The van der Waals surface area contributed by atoms with Gasteiger partial charge in [0.25, 0.3) is 0 Å². The monoisotopic (exact) mass is 268 g/mol. The molecule has 0 aliphatic heterocycles. The Balaban J connectivity index is 2.19. The molecule has 0 amide bonds. The highest BCUT2D eigenvalue weighted by Crippen LogP contribution is 2.20. The van der Waals surface area contributed by atoms with E-state index in [1.54, 1.807) is 0 Å². The predicted octanol–water partition coefficient (Wildman–Crippen LogP) is 2.36. The summed E-state index contributed by atoms with van der Waals surface area (Å²) in [6.45, 7) is 2.01. The van der Waals surface area contributed by atoms with Crippen LogP contribution >= 0.6 is 12.2 Å². The Labute approximate surface area is 115 Å². The quantitative estimate of drug-likeness (QED) is 0.725. The molecule has 0 aliphatic carbocycles. The minimum Gasteiger partial charge on any atom is -0.389 e. The fourth-order valence-corrected chi connectivity index (χ4v) is 2.22. The van der Waals surface area contributed by atoms with Crippen molar-refractivity contribution in [1.29, 1.82) is 0 Å². The first-order valence-electron chi connectivity index (χ1n) is 5.88. The van der Waals surface area contributed by atoms with Gasteiger partial charge in [-0.05, 0) is 42.8 Å². The normalized spacial score (nSPS) is 10.8. The van der Waals surface area contributed by atoms with Crippen LogP contribution in [-0.4, -0.2) is 20.0 Å². The average Bonchev–Trinajstić information content (AvgIpc) is 2.82. The van der Waals surface area contributed by atoms with Crippen LogP contribution in [0, 0.1) is 6.92 Å². The van der Waals surface area contributed by atoms with E-state index in [1.807, 2.05) is 54.1 Å². The summed E-state index contributed by atoms with van der Waals surface area (Å²) in [5.41, 5.74) is 10.4. The fourth-order valence-electron chi connectivity index (χ4n) is 2.09. The van der Waals surface area contributed by atoms with E-state index in [1.165, 1.54) is 0 Å². The summed E-state index contributed by atoms with van der Waals surface area (Å²) in [5, 5.41) is 8.36. The molecule has 19 heavy (non-hydrogen) atoms. The van der Waals surface area contributed by atoms with E-state index in [0.717, 1.165) is 27.8 Å². The third kappa shape index (κ3) is 1.98. The van der Waals surface area contributed by atoms with Crippen molar-refractivity contribution in [2.75, 3.05) is 0 Å². The number of rotatable bonds is 2. The second-order valence-electron chi connectivity index (χ2n) is 4.36. The number of nitrogens with zero attached hydrogens (tertiary/aromatic N) is 3. The van der Waals surface area contributed by atoms with Gasteiger partial charge in [0.1, 0.15) is 10.5 Å². The molecule has 0 unspecified atom stereocenters. The van der Waals surface area contributed by atoms with Crippen molar-refractivity contribution in [3.63, 3.8) is 0 Å². The van der Waals surface area contributed by atoms with Crippen LogP contribution in [0.15, 0.2) is 42.5 Å². The van der Waals surface area contributed by atoms with Gasteiger partial charge in [-0.3, -0.25) is 0 Å². The van der Waals surface area contributed by atoms with Crippen LogP contribution in [0.5, 0.6) is 0 Å². The fraction of sp³-hybridized carbons (Fsp3) is 0.0714. The number of nitrogens with two attached hydrogens (primary N) is 1. The van der Waals surface area contributed by atoms with Crippen LogP contribution in [0.25, 0.3) is 16.7 Å². The SMILES string of the molecule is Cc1cc(C(N)=S)ccc1-n1nnc2ccccc21. The molecule has 0 saturated heterocycles. The van der Waals surface area contributed by atoms with Crippen LogP contribution in [0.4, 0.5) is 0 Å². The van der Waals surface area contributed by atoms with Gasteiger partial charge in [0, 0.05) is 5.56 Å². The lowest BCUT2D eigenvalue weighted by Gasteiger charge is -2.08. The molecule has 0 atom stereocenters. The number of hydrogen-bond donors (Lipinski definition) is 1. The summed E-state index contributed by atoms with van der Waals surface area (Å²) in [4.78, 5) is 0.401. The van der Waals surface area contributed by atoms with Gasteiger partial charge in [0.05, 0.1) is 11.2 Å². The van der Waals surface area contributed by atoms with Gasteiger partial charge in [-0.1, -0.05) is 29.6 Å². The zero-order valence-corrected chi connectivity index (χ0v) is 11.2. The molecule has 5 heteroatoms. The molecule has 2 aromatic carbocycles. The molecule has 0 aliphatic rings. The molecular formula is C14H12N4S. The number of hydrogen-bond acceptors (Lipinski definition) is 3. The van der Waals surface area contributed by atoms with Gasteiger partial charge in [0.15, 0.2) is 0 Å². The topological polar surface area (TPSA) is 56.7 Å². The number of aromatic nitrogens is 3. The average molecular weight is 268 g/mol. The zero-order chi connectivity index (χ0) is 13.4. The Hall–Kier alpha value is -2.27. The van der Waals surface area contributed by atoms with Crippen molar-refractivity contribution in [3.8, 4) is 5.69 Å². The molecular weight excluding hydrogens is 256 g/mol. The standard InChI is InChI=1S/C14H12N4S/c1-9-8-10(14(15)19)6-7-12(9)18-13-5-3-2-4-11(13)16-17-18/h2-8H,1H3,(H2,15,19).